The van der Waals surface area contributed by atoms with Crippen LogP contribution in [0.25, 0.3) is 0 Å². The highest BCUT2D eigenvalue weighted by molar-refractivity contribution is 5.95. The van der Waals surface area contributed by atoms with Crippen molar-refractivity contribution in [2.75, 3.05) is 32.6 Å². The van der Waals surface area contributed by atoms with Crippen LogP contribution >= 0.6 is 0 Å². The summed E-state index contributed by atoms with van der Waals surface area (Å²) in [7, 11) is 3.09. The number of benzene rings is 1. The molecule has 0 aliphatic heterocycles. The smallest absolute Gasteiger partial charge is 0.293 e. The largest absolute Gasteiger partial charge is 0.384 e. The molecule has 7 nitrogen and oxygen atoms in total. The zero-order valence-electron chi connectivity index (χ0n) is 11.8. The van der Waals surface area contributed by atoms with Crippen molar-refractivity contribution in [3.8, 4) is 0 Å². The summed E-state index contributed by atoms with van der Waals surface area (Å²) in [5, 5.41) is 16.5. The van der Waals surface area contributed by atoms with Crippen LogP contribution in [0.4, 0.5) is 11.4 Å². The fourth-order valence-electron chi connectivity index (χ4n) is 1.75. The average molecular weight is 281 g/mol. The predicted molar refractivity (Wildman–Crippen MR) is 76.0 cm³/mol. The molecule has 1 amide bonds. The predicted octanol–water partition coefficient (Wildman–Crippen LogP) is 1.65. The molecule has 0 aliphatic carbocycles. The summed E-state index contributed by atoms with van der Waals surface area (Å²) >= 11 is 0. The molecule has 20 heavy (non-hydrogen) atoms. The summed E-state index contributed by atoms with van der Waals surface area (Å²) in [5.41, 5.74) is 0.538. The van der Waals surface area contributed by atoms with Crippen LogP contribution in [0, 0.1) is 16.0 Å². The normalized spacial score (nSPS) is 11.8. The Kier molecular flexibility index (Phi) is 5.92. The van der Waals surface area contributed by atoms with Crippen LogP contribution in [0.2, 0.25) is 0 Å². The standard InChI is InChI=1S/C13H19N3O4/c1-9(8-20-3)7-15-11-5-4-10(13(17)14-2)6-12(11)16(18)19/h4-6,9,15H,7-8H2,1-3H3,(H,14,17). The molecule has 1 aromatic carbocycles. The highest BCUT2D eigenvalue weighted by atomic mass is 16.6. The van der Waals surface area contributed by atoms with Gasteiger partial charge in [-0.1, -0.05) is 6.92 Å². The summed E-state index contributed by atoms with van der Waals surface area (Å²) in [6, 6.07) is 4.36. The van der Waals surface area contributed by atoms with Crippen LogP contribution in [0.1, 0.15) is 17.3 Å². The molecule has 0 saturated carbocycles. The highest BCUT2D eigenvalue weighted by Crippen LogP contribution is 2.25. The van der Waals surface area contributed by atoms with Crippen molar-refractivity contribution in [3.63, 3.8) is 0 Å². The molecule has 0 bridgehead atoms. The second-order valence-corrected chi connectivity index (χ2v) is 4.51. The van der Waals surface area contributed by atoms with E-state index in [1.54, 1.807) is 19.2 Å². The van der Waals surface area contributed by atoms with E-state index in [0.717, 1.165) is 0 Å². The maximum atomic E-state index is 11.5. The quantitative estimate of drug-likeness (QED) is 0.585. The summed E-state index contributed by atoms with van der Waals surface area (Å²) in [5.74, 6) is -0.134. The number of nitrogens with one attached hydrogen (secondary N) is 2. The van der Waals surface area contributed by atoms with Crippen molar-refractivity contribution >= 4 is 17.3 Å². The molecule has 110 valence electrons. The van der Waals surface area contributed by atoms with Gasteiger partial charge in [-0.25, -0.2) is 0 Å². The van der Waals surface area contributed by atoms with Gasteiger partial charge in [-0.05, 0) is 18.1 Å². The van der Waals surface area contributed by atoms with Crippen molar-refractivity contribution in [3.05, 3.63) is 33.9 Å². The molecule has 1 unspecified atom stereocenters. The highest BCUT2D eigenvalue weighted by Gasteiger charge is 2.17. The first-order chi connectivity index (χ1) is 9.49. The number of ether oxygens (including phenoxy) is 1. The maximum Gasteiger partial charge on any atom is 0.293 e. The lowest BCUT2D eigenvalue weighted by Crippen LogP contribution is -2.19. The van der Waals surface area contributed by atoms with Crippen molar-refractivity contribution in [1.29, 1.82) is 0 Å². The van der Waals surface area contributed by atoms with Gasteiger partial charge in [0, 0.05) is 32.3 Å². The van der Waals surface area contributed by atoms with E-state index in [0.29, 0.717) is 18.8 Å². The Hall–Kier alpha value is -2.15. The lowest BCUT2D eigenvalue weighted by Gasteiger charge is -2.13. The molecule has 1 atom stereocenters. The second kappa shape index (κ2) is 7.44. The fraction of sp³-hybridized carbons (Fsp3) is 0.462. The zero-order valence-corrected chi connectivity index (χ0v) is 11.8. The Morgan fingerprint density at radius 3 is 2.75 bits per heavy atom. The van der Waals surface area contributed by atoms with Gasteiger partial charge in [-0.3, -0.25) is 14.9 Å². The molecule has 0 aromatic heterocycles. The van der Waals surface area contributed by atoms with Crippen LogP contribution in [0.15, 0.2) is 18.2 Å². The maximum absolute atomic E-state index is 11.5. The molecule has 0 aliphatic rings. The third kappa shape index (κ3) is 4.20. The van der Waals surface area contributed by atoms with E-state index in [1.165, 1.54) is 13.1 Å². The molecule has 0 fully saturated rings. The summed E-state index contributed by atoms with van der Waals surface area (Å²) < 4.78 is 5.01. The van der Waals surface area contributed by atoms with E-state index >= 15 is 0 Å². The van der Waals surface area contributed by atoms with Gasteiger partial charge in [0.2, 0.25) is 0 Å². The molecular formula is C13H19N3O4. The Labute approximate surface area is 117 Å². The zero-order chi connectivity index (χ0) is 15.1. The molecule has 7 heteroatoms. The summed E-state index contributed by atoms with van der Waals surface area (Å²) in [6.07, 6.45) is 0. The van der Waals surface area contributed by atoms with Gasteiger partial charge < -0.3 is 15.4 Å². The first kappa shape index (κ1) is 15.9. The Balaban J connectivity index is 2.90. The van der Waals surface area contributed by atoms with Crippen molar-refractivity contribution in [2.45, 2.75) is 6.92 Å². The number of anilines is 1. The first-order valence-electron chi connectivity index (χ1n) is 6.23. The van der Waals surface area contributed by atoms with Gasteiger partial charge >= 0.3 is 0 Å². The topological polar surface area (TPSA) is 93.5 Å². The Morgan fingerprint density at radius 1 is 1.50 bits per heavy atom. The van der Waals surface area contributed by atoms with E-state index in [4.69, 9.17) is 4.74 Å². The van der Waals surface area contributed by atoms with Gasteiger partial charge in [0.05, 0.1) is 11.5 Å². The molecule has 2 N–H and O–H groups in total. The number of carbonyl (C=O) groups is 1. The average Bonchev–Trinajstić information content (AvgIpc) is 2.44. The van der Waals surface area contributed by atoms with Crippen molar-refractivity contribution < 1.29 is 14.5 Å². The van der Waals surface area contributed by atoms with E-state index in [2.05, 4.69) is 10.6 Å². The van der Waals surface area contributed by atoms with Gasteiger partial charge in [0.25, 0.3) is 11.6 Å². The number of hydrogen-bond acceptors (Lipinski definition) is 5. The lowest BCUT2D eigenvalue weighted by molar-refractivity contribution is -0.384. The molecular weight excluding hydrogens is 262 g/mol. The van der Waals surface area contributed by atoms with Crippen LogP contribution < -0.4 is 10.6 Å². The van der Waals surface area contributed by atoms with E-state index in [1.807, 2.05) is 6.92 Å². The monoisotopic (exact) mass is 281 g/mol. The van der Waals surface area contributed by atoms with Gasteiger partial charge in [-0.2, -0.15) is 0 Å². The number of nitrogens with zero attached hydrogens (tertiary/aromatic N) is 1. The van der Waals surface area contributed by atoms with E-state index < -0.39 is 4.92 Å². The first-order valence-corrected chi connectivity index (χ1v) is 6.23. The lowest BCUT2D eigenvalue weighted by atomic mass is 10.1. The minimum Gasteiger partial charge on any atom is -0.384 e. The van der Waals surface area contributed by atoms with Crippen LogP contribution in [0.3, 0.4) is 0 Å². The molecule has 0 saturated heterocycles. The number of carbonyl (C=O) groups excluding carboxylic acids is 1. The fourth-order valence-corrected chi connectivity index (χ4v) is 1.75. The number of rotatable bonds is 7. The van der Waals surface area contributed by atoms with Crippen LogP contribution in [-0.4, -0.2) is 38.1 Å². The summed E-state index contributed by atoms with van der Waals surface area (Å²) in [4.78, 5) is 22.0. The van der Waals surface area contributed by atoms with Crippen molar-refractivity contribution in [2.24, 2.45) is 5.92 Å². The summed E-state index contributed by atoms with van der Waals surface area (Å²) in [6.45, 7) is 3.09. The van der Waals surface area contributed by atoms with E-state index in [9.17, 15) is 14.9 Å². The SMILES string of the molecule is CNC(=O)c1ccc(NCC(C)COC)c([N+](=O)[O-])c1. The van der Waals surface area contributed by atoms with Gasteiger partial charge in [0.1, 0.15) is 5.69 Å². The number of methoxy groups -OCH3 is 1. The molecule has 1 rings (SSSR count). The third-order valence-electron chi connectivity index (χ3n) is 2.78. The number of amides is 1. The van der Waals surface area contributed by atoms with Crippen molar-refractivity contribution in [1.82, 2.24) is 5.32 Å². The minimum atomic E-state index is -0.504. The van der Waals surface area contributed by atoms with Gasteiger partial charge in [-0.15, -0.1) is 0 Å². The molecule has 1 aromatic rings. The Bertz CT molecular complexity index is 491. The number of hydrogen-bond donors (Lipinski definition) is 2. The molecule has 0 spiro atoms. The van der Waals surface area contributed by atoms with E-state index in [-0.39, 0.29) is 23.1 Å². The van der Waals surface area contributed by atoms with Crippen LogP contribution in [0.5, 0.6) is 0 Å². The third-order valence-corrected chi connectivity index (χ3v) is 2.78. The minimum absolute atomic E-state index is 0.115. The molecule has 0 radical (unpaired) electrons. The molecule has 0 heterocycles. The van der Waals surface area contributed by atoms with Gasteiger partial charge in [0.15, 0.2) is 0 Å². The number of nitro benzene ring substituents is 1. The van der Waals surface area contributed by atoms with Crippen LogP contribution in [-0.2, 0) is 4.74 Å². The number of nitro groups is 1. The Morgan fingerprint density at radius 2 is 2.20 bits per heavy atom. The second-order valence-electron chi connectivity index (χ2n) is 4.51.